The second-order valence-electron chi connectivity index (χ2n) is 4.96. The van der Waals surface area contributed by atoms with E-state index >= 15 is 0 Å². The van der Waals surface area contributed by atoms with Gasteiger partial charge in [-0.15, -0.1) is 0 Å². The molecule has 0 spiro atoms. The maximum absolute atomic E-state index is 11.9. The van der Waals surface area contributed by atoms with Crippen LogP contribution >= 0.6 is 0 Å². The van der Waals surface area contributed by atoms with Crippen LogP contribution in [0.4, 0.5) is 0 Å². The Morgan fingerprint density at radius 3 is 2.58 bits per heavy atom. The molecule has 5 heteroatoms. The summed E-state index contributed by atoms with van der Waals surface area (Å²) in [5, 5.41) is 14.3. The Bertz CT molecular complexity index is 441. The number of oxime groups is 1. The maximum Gasteiger partial charge on any atom is 0.233 e. The van der Waals surface area contributed by atoms with E-state index in [9.17, 15) is 4.79 Å². The van der Waals surface area contributed by atoms with E-state index in [1.165, 1.54) is 5.56 Å². The van der Waals surface area contributed by atoms with Crippen molar-refractivity contribution in [1.29, 1.82) is 0 Å². The normalized spacial score (nSPS) is 12.2. The minimum Gasteiger partial charge on any atom is -0.409 e. The molecule has 1 aromatic carbocycles. The van der Waals surface area contributed by atoms with Crippen LogP contribution in [0.1, 0.15) is 25.8 Å². The molecule has 1 amide bonds. The molecule has 0 aliphatic heterocycles. The monoisotopic (exact) mass is 263 g/mol. The third kappa shape index (κ3) is 4.28. The van der Waals surface area contributed by atoms with Crippen LogP contribution in [-0.4, -0.2) is 23.5 Å². The fourth-order valence-electron chi connectivity index (χ4n) is 1.60. The van der Waals surface area contributed by atoms with Crippen LogP contribution in [0, 0.1) is 5.41 Å². The van der Waals surface area contributed by atoms with Crippen LogP contribution in [0.15, 0.2) is 35.5 Å². The first kappa shape index (κ1) is 15.0. The molecule has 1 rings (SSSR count). The molecule has 0 heterocycles. The van der Waals surface area contributed by atoms with Crippen LogP contribution in [0.3, 0.4) is 0 Å². The van der Waals surface area contributed by atoms with Crippen molar-refractivity contribution in [3.8, 4) is 0 Å². The SMILES string of the molecule is CC(C)(C(=O)NCCCc1ccccc1)C(N)=NO. The molecule has 4 N–H and O–H groups in total. The number of carbonyl (C=O) groups is 1. The summed E-state index contributed by atoms with van der Waals surface area (Å²) in [7, 11) is 0. The van der Waals surface area contributed by atoms with E-state index in [-0.39, 0.29) is 11.7 Å². The van der Waals surface area contributed by atoms with Gasteiger partial charge in [-0.1, -0.05) is 35.5 Å². The molecule has 0 atom stereocenters. The van der Waals surface area contributed by atoms with Crippen LogP contribution in [-0.2, 0) is 11.2 Å². The van der Waals surface area contributed by atoms with E-state index in [0.717, 1.165) is 12.8 Å². The van der Waals surface area contributed by atoms with Crippen molar-refractivity contribution in [3.63, 3.8) is 0 Å². The summed E-state index contributed by atoms with van der Waals surface area (Å²) in [5.74, 6) is -0.330. The lowest BCUT2D eigenvalue weighted by molar-refractivity contribution is -0.126. The first-order valence-corrected chi connectivity index (χ1v) is 6.28. The molecule has 0 fully saturated rings. The second kappa shape index (κ2) is 6.78. The molecular weight excluding hydrogens is 242 g/mol. The number of aryl methyl sites for hydroxylation is 1. The van der Waals surface area contributed by atoms with Crippen LogP contribution in [0.25, 0.3) is 0 Å². The summed E-state index contributed by atoms with van der Waals surface area (Å²) >= 11 is 0. The van der Waals surface area contributed by atoms with Gasteiger partial charge in [-0.2, -0.15) is 0 Å². The Balaban J connectivity index is 2.35. The second-order valence-corrected chi connectivity index (χ2v) is 4.96. The molecule has 5 nitrogen and oxygen atoms in total. The molecule has 0 saturated heterocycles. The van der Waals surface area contributed by atoms with E-state index in [0.29, 0.717) is 6.54 Å². The number of hydrogen-bond donors (Lipinski definition) is 3. The molecular formula is C14H21N3O2. The van der Waals surface area contributed by atoms with E-state index in [1.807, 2.05) is 18.2 Å². The largest absolute Gasteiger partial charge is 0.409 e. The number of nitrogens with two attached hydrogens (primary N) is 1. The molecule has 0 bridgehead atoms. The minimum absolute atomic E-state index is 0.0898. The average molecular weight is 263 g/mol. The van der Waals surface area contributed by atoms with Gasteiger partial charge in [0.1, 0.15) is 5.41 Å². The predicted molar refractivity (Wildman–Crippen MR) is 75.0 cm³/mol. The van der Waals surface area contributed by atoms with Crippen molar-refractivity contribution in [2.24, 2.45) is 16.3 Å². The smallest absolute Gasteiger partial charge is 0.233 e. The predicted octanol–water partition coefficient (Wildman–Crippen LogP) is 1.51. The molecule has 0 radical (unpaired) electrons. The lowest BCUT2D eigenvalue weighted by Gasteiger charge is -2.21. The summed E-state index contributed by atoms with van der Waals surface area (Å²) in [5.41, 5.74) is 5.73. The molecule has 0 aliphatic carbocycles. The Morgan fingerprint density at radius 1 is 1.37 bits per heavy atom. The fraction of sp³-hybridized carbons (Fsp3) is 0.429. The molecule has 104 valence electrons. The van der Waals surface area contributed by atoms with Crippen molar-refractivity contribution in [3.05, 3.63) is 35.9 Å². The van der Waals surface area contributed by atoms with Crippen LogP contribution in [0.2, 0.25) is 0 Å². The van der Waals surface area contributed by atoms with Gasteiger partial charge >= 0.3 is 0 Å². The van der Waals surface area contributed by atoms with Crippen molar-refractivity contribution in [2.75, 3.05) is 6.54 Å². The standard InChI is InChI=1S/C14H21N3O2/c1-14(2,12(15)17-19)13(18)16-10-6-9-11-7-4-3-5-8-11/h3-5,7-8,19H,6,9-10H2,1-2H3,(H2,15,17)(H,16,18). The molecule has 1 aromatic rings. The van der Waals surface area contributed by atoms with Crippen molar-refractivity contribution in [1.82, 2.24) is 5.32 Å². The minimum atomic E-state index is -0.999. The Kier molecular flexibility index (Phi) is 5.36. The van der Waals surface area contributed by atoms with E-state index in [2.05, 4.69) is 22.6 Å². The van der Waals surface area contributed by atoms with Crippen molar-refractivity contribution < 1.29 is 10.0 Å². The zero-order valence-corrected chi connectivity index (χ0v) is 11.4. The summed E-state index contributed by atoms with van der Waals surface area (Å²) in [6.45, 7) is 3.80. The Labute approximate surface area is 113 Å². The third-order valence-corrected chi connectivity index (χ3v) is 3.09. The van der Waals surface area contributed by atoms with Gasteiger partial charge in [0.25, 0.3) is 0 Å². The fourth-order valence-corrected chi connectivity index (χ4v) is 1.60. The van der Waals surface area contributed by atoms with Gasteiger partial charge in [0.15, 0.2) is 5.84 Å². The summed E-state index contributed by atoms with van der Waals surface area (Å²) in [6, 6.07) is 10.1. The number of amides is 1. The first-order chi connectivity index (χ1) is 8.98. The number of benzene rings is 1. The molecule has 0 aromatic heterocycles. The average Bonchev–Trinajstić information content (AvgIpc) is 2.43. The van der Waals surface area contributed by atoms with Gasteiger partial charge in [-0.3, -0.25) is 4.79 Å². The Hall–Kier alpha value is -2.04. The summed E-state index contributed by atoms with van der Waals surface area (Å²) in [6.07, 6.45) is 1.76. The van der Waals surface area contributed by atoms with Gasteiger partial charge in [-0.05, 0) is 32.3 Å². The highest BCUT2D eigenvalue weighted by atomic mass is 16.4. The van der Waals surface area contributed by atoms with Gasteiger partial charge in [0, 0.05) is 6.54 Å². The molecule has 0 saturated carbocycles. The van der Waals surface area contributed by atoms with Gasteiger partial charge in [0.2, 0.25) is 5.91 Å². The number of carbonyl (C=O) groups excluding carboxylic acids is 1. The van der Waals surface area contributed by atoms with E-state index in [4.69, 9.17) is 10.9 Å². The number of nitrogens with zero attached hydrogens (tertiary/aromatic N) is 1. The van der Waals surface area contributed by atoms with Crippen molar-refractivity contribution in [2.45, 2.75) is 26.7 Å². The van der Waals surface area contributed by atoms with E-state index < -0.39 is 5.41 Å². The molecule has 0 unspecified atom stereocenters. The molecule has 19 heavy (non-hydrogen) atoms. The van der Waals surface area contributed by atoms with Crippen molar-refractivity contribution >= 4 is 11.7 Å². The topological polar surface area (TPSA) is 87.7 Å². The number of amidine groups is 1. The number of hydrogen-bond acceptors (Lipinski definition) is 3. The number of rotatable bonds is 6. The zero-order valence-electron chi connectivity index (χ0n) is 11.4. The van der Waals surface area contributed by atoms with Gasteiger partial charge in [0.05, 0.1) is 0 Å². The summed E-state index contributed by atoms with van der Waals surface area (Å²) < 4.78 is 0. The maximum atomic E-state index is 11.9. The lowest BCUT2D eigenvalue weighted by Crippen LogP contribution is -2.46. The highest BCUT2D eigenvalue weighted by molar-refractivity contribution is 6.05. The molecule has 0 aliphatic rings. The lowest BCUT2D eigenvalue weighted by atomic mass is 9.91. The Morgan fingerprint density at radius 2 is 2.00 bits per heavy atom. The van der Waals surface area contributed by atoms with E-state index in [1.54, 1.807) is 13.8 Å². The summed E-state index contributed by atoms with van der Waals surface area (Å²) in [4.78, 5) is 11.9. The van der Waals surface area contributed by atoms with Crippen LogP contribution < -0.4 is 11.1 Å². The van der Waals surface area contributed by atoms with Gasteiger partial charge < -0.3 is 16.3 Å². The highest BCUT2D eigenvalue weighted by Crippen LogP contribution is 2.15. The number of nitrogens with one attached hydrogen (secondary N) is 1. The first-order valence-electron chi connectivity index (χ1n) is 6.28. The highest BCUT2D eigenvalue weighted by Gasteiger charge is 2.32. The van der Waals surface area contributed by atoms with Gasteiger partial charge in [-0.25, -0.2) is 0 Å². The quantitative estimate of drug-likeness (QED) is 0.239. The van der Waals surface area contributed by atoms with Crippen LogP contribution in [0.5, 0.6) is 0 Å². The third-order valence-electron chi connectivity index (χ3n) is 3.09. The zero-order chi connectivity index (χ0) is 14.3.